The van der Waals surface area contributed by atoms with E-state index in [9.17, 15) is 16.8 Å². The summed E-state index contributed by atoms with van der Waals surface area (Å²) in [6.07, 6.45) is 0. The van der Waals surface area contributed by atoms with Gasteiger partial charge in [0.15, 0.2) is 0 Å². The maximum absolute atomic E-state index is 14.5. The highest BCUT2D eigenvalue weighted by Gasteiger charge is 2.26. The second-order valence-corrected chi connectivity index (χ2v) is 20.3. The van der Waals surface area contributed by atoms with Gasteiger partial charge in [-0.1, -0.05) is 126 Å². The third kappa shape index (κ3) is 7.94. The van der Waals surface area contributed by atoms with E-state index in [-0.39, 0.29) is 20.6 Å². The Morgan fingerprint density at radius 1 is 0.453 bits per heavy atom. The van der Waals surface area contributed by atoms with Crippen LogP contribution in [0.5, 0.6) is 0 Å². The van der Waals surface area contributed by atoms with Crippen LogP contribution in [0.15, 0.2) is 163 Å². The monoisotopic (exact) mass is 758 g/mol. The molecule has 0 spiro atoms. The molecule has 0 heterocycles. The van der Waals surface area contributed by atoms with Gasteiger partial charge in [-0.15, -0.1) is 0 Å². The van der Waals surface area contributed by atoms with E-state index in [0.717, 1.165) is 32.0 Å². The van der Waals surface area contributed by atoms with E-state index in [1.807, 2.05) is 98.8 Å². The van der Waals surface area contributed by atoms with Crippen LogP contribution in [0.1, 0.15) is 63.8 Å². The first-order valence-corrected chi connectivity index (χ1v) is 21.4. The summed E-state index contributed by atoms with van der Waals surface area (Å²) in [5, 5.41) is 0. The average molecular weight is 759 g/mol. The van der Waals surface area contributed by atoms with E-state index >= 15 is 0 Å². The lowest BCUT2D eigenvalue weighted by atomic mass is 9.87. The Balaban J connectivity index is 1.32. The Labute approximate surface area is 320 Å². The Kier molecular flexibility index (Phi) is 10.7. The number of hydrogen-bond acceptors (Lipinski definition) is 4. The Morgan fingerprint density at radius 3 is 1.13 bits per heavy atom. The first-order valence-electron chi connectivity index (χ1n) is 17.7. The standard InChI is InChI=1S/C46H46O4S3/c1-31-17-23-35(45(3,4)5)29-41(31)51(47)37-25-19-33(20-26-37)39-13-9-11-15-43(39)53(49,50)44-16-12-10-14-40(44)34-21-27-38(28-22-34)52(48)42-30-36(46(6,7)8)24-18-32(42)2/h9-30H,1-8H3. The van der Waals surface area contributed by atoms with Gasteiger partial charge in [0.25, 0.3) is 0 Å². The second-order valence-electron chi connectivity index (χ2n) is 15.5. The van der Waals surface area contributed by atoms with Gasteiger partial charge < -0.3 is 0 Å². The van der Waals surface area contributed by atoms with Gasteiger partial charge >= 0.3 is 0 Å². The van der Waals surface area contributed by atoms with Crippen LogP contribution in [0, 0.1) is 13.8 Å². The van der Waals surface area contributed by atoms with Gasteiger partial charge in [0, 0.05) is 30.7 Å². The van der Waals surface area contributed by atoms with Crippen LogP contribution in [0.3, 0.4) is 0 Å². The van der Waals surface area contributed by atoms with Crippen LogP contribution in [-0.4, -0.2) is 16.8 Å². The summed E-state index contributed by atoms with van der Waals surface area (Å²) < 4.78 is 56.6. The molecule has 0 amide bonds. The number of aryl methyl sites for hydroxylation is 2. The van der Waals surface area contributed by atoms with Gasteiger partial charge in [0.1, 0.15) is 0 Å². The largest absolute Gasteiger partial charge is 0.249 e. The number of sulfone groups is 1. The van der Waals surface area contributed by atoms with E-state index in [1.165, 1.54) is 0 Å². The maximum atomic E-state index is 14.5. The predicted molar refractivity (Wildman–Crippen MR) is 218 cm³/mol. The summed E-state index contributed by atoms with van der Waals surface area (Å²) in [7, 11) is -6.81. The summed E-state index contributed by atoms with van der Waals surface area (Å²) in [5.74, 6) is 0. The molecule has 0 fully saturated rings. The third-order valence-corrected chi connectivity index (χ3v) is 14.6. The van der Waals surface area contributed by atoms with Crippen LogP contribution >= 0.6 is 0 Å². The molecule has 6 aromatic rings. The van der Waals surface area contributed by atoms with Crippen molar-refractivity contribution >= 4 is 31.4 Å². The van der Waals surface area contributed by atoms with Crippen molar-refractivity contribution in [1.29, 1.82) is 0 Å². The molecular weight excluding hydrogens is 713 g/mol. The van der Waals surface area contributed by atoms with E-state index in [4.69, 9.17) is 0 Å². The van der Waals surface area contributed by atoms with Crippen molar-refractivity contribution in [3.8, 4) is 22.3 Å². The molecule has 53 heavy (non-hydrogen) atoms. The minimum atomic E-state index is -4.00. The van der Waals surface area contributed by atoms with Crippen LogP contribution in [0.4, 0.5) is 0 Å². The molecule has 4 nitrogen and oxygen atoms in total. The van der Waals surface area contributed by atoms with Crippen molar-refractivity contribution in [3.05, 3.63) is 156 Å². The molecule has 6 rings (SSSR count). The molecule has 0 saturated heterocycles. The number of hydrogen-bond donors (Lipinski definition) is 0. The van der Waals surface area contributed by atoms with Crippen molar-refractivity contribution in [2.75, 3.05) is 0 Å². The fraction of sp³-hybridized carbons (Fsp3) is 0.217. The molecule has 6 aromatic carbocycles. The minimum absolute atomic E-state index is 0.0770. The van der Waals surface area contributed by atoms with Crippen molar-refractivity contribution in [3.63, 3.8) is 0 Å². The fourth-order valence-corrected chi connectivity index (χ4v) is 10.5. The number of benzene rings is 6. The summed E-state index contributed by atoms with van der Waals surface area (Å²) in [4.78, 5) is 3.21. The zero-order chi connectivity index (χ0) is 38.3. The lowest BCUT2D eigenvalue weighted by Gasteiger charge is -2.20. The van der Waals surface area contributed by atoms with Crippen LogP contribution in [-0.2, 0) is 42.3 Å². The van der Waals surface area contributed by atoms with Crippen LogP contribution in [0.25, 0.3) is 22.3 Å². The molecule has 0 aliphatic rings. The molecule has 0 bridgehead atoms. The summed E-state index contributed by atoms with van der Waals surface area (Å²) in [6.45, 7) is 16.8. The zero-order valence-corrected chi connectivity index (χ0v) is 34.0. The van der Waals surface area contributed by atoms with Crippen LogP contribution < -0.4 is 0 Å². The highest BCUT2D eigenvalue weighted by Crippen LogP contribution is 2.37. The number of rotatable bonds is 8. The topological polar surface area (TPSA) is 68.3 Å². The maximum Gasteiger partial charge on any atom is 0.207 e. The minimum Gasteiger partial charge on any atom is -0.249 e. The molecule has 0 radical (unpaired) electrons. The van der Waals surface area contributed by atoms with E-state index < -0.39 is 31.4 Å². The predicted octanol–water partition coefficient (Wildman–Crippen LogP) is 11.4. The molecule has 2 unspecified atom stereocenters. The molecule has 2 atom stereocenters. The Hall–Kier alpha value is -4.43. The van der Waals surface area contributed by atoms with Gasteiger partial charge in [-0.2, -0.15) is 0 Å². The average Bonchev–Trinajstić information content (AvgIpc) is 3.14. The lowest BCUT2D eigenvalue weighted by Crippen LogP contribution is -2.12. The first kappa shape index (κ1) is 38.3. The van der Waals surface area contributed by atoms with Crippen molar-refractivity contribution in [2.45, 2.75) is 95.6 Å². The zero-order valence-electron chi connectivity index (χ0n) is 31.6. The van der Waals surface area contributed by atoms with Crippen LogP contribution in [0.2, 0.25) is 0 Å². The third-order valence-electron chi connectivity index (χ3n) is 9.62. The quantitative estimate of drug-likeness (QED) is 0.155. The van der Waals surface area contributed by atoms with Gasteiger partial charge in [0.2, 0.25) is 9.84 Å². The van der Waals surface area contributed by atoms with Crippen molar-refractivity contribution < 1.29 is 16.8 Å². The summed E-state index contributed by atoms with van der Waals surface area (Å²) in [6, 6.07) is 40.9. The SMILES string of the molecule is Cc1ccc(C(C)(C)C)cc1S(=O)c1ccc(-c2ccccc2S(=O)(=O)c2ccccc2-c2ccc(S(=O)c3cc(C(C)(C)C)ccc3C)cc2)cc1. The van der Waals surface area contributed by atoms with E-state index in [1.54, 1.807) is 36.4 Å². The molecule has 272 valence electrons. The van der Waals surface area contributed by atoms with Gasteiger partial charge in [-0.05, 0) is 107 Å². The molecule has 0 aromatic heterocycles. The molecule has 7 heteroatoms. The molecule has 0 aliphatic carbocycles. The van der Waals surface area contributed by atoms with Gasteiger partial charge in [-0.3, -0.25) is 0 Å². The smallest absolute Gasteiger partial charge is 0.207 e. The first-order chi connectivity index (χ1) is 25.0. The lowest BCUT2D eigenvalue weighted by molar-refractivity contribution is 0.587. The fourth-order valence-electron chi connectivity index (χ4n) is 6.30. The van der Waals surface area contributed by atoms with Crippen molar-refractivity contribution in [2.24, 2.45) is 0 Å². The Bertz CT molecular complexity index is 2300. The summed E-state index contributed by atoms with van der Waals surface area (Å²) in [5.41, 5.74) is 6.53. The summed E-state index contributed by atoms with van der Waals surface area (Å²) >= 11 is 0. The second kappa shape index (κ2) is 14.8. The highest BCUT2D eigenvalue weighted by molar-refractivity contribution is 7.91. The van der Waals surface area contributed by atoms with Crippen molar-refractivity contribution in [1.82, 2.24) is 0 Å². The van der Waals surface area contributed by atoms with Gasteiger partial charge in [-0.25, -0.2) is 16.8 Å². The normalized spacial score (nSPS) is 13.4. The molecule has 0 saturated carbocycles. The molecule has 0 aliphatic heterocycles. The van der Waals surface area contributed by atoms with Gasteiger partial charge in [0.05, 0.1) is 31.4 Å². The van der Waals surface area contributed by atoms with E-state index in [0.29, 0.717) is 32.0 Å². The Morgan fingerprint density at radius 2 is 0.792 bits per heavy atom. The molecule has 0 N–H and O–H groups in total. The van der Waals surface area contributed by atoms with E-state index in [2.05, 4.69) is 53.7 Å². The molecular formula is C46H46O4S3. The highest BCUT2D eigenvalue weighted by atomic mass is 32.2.